The van der Waals surface area contributed by atoms with E-state index in [9.17, 15) is 9.90 Å². The second kappa shape index (κ2) is 9.30. The lowest BCUT2D eigenvalue weighted by molar-refractivity contribution is 0.0523. The first-order chi connectivity index (χ1) is 11.6. The number of hydrogen-bond acceptors (Lipinski definition) is 4. The van der Waals surface area contributed by atoms with Gasteiger partial charge in [0.15, 0.2) is 11.5 Å². The van der Waals surface area contributed by atoms with Gasteiger partial charge in [-0.25, -0.2) is 4.79 Å². The van der Waals surface area contributed by atoms with E-state index in [1.165, 1.54) is 13.2 Å². The SMILES string of the molecule is CC(C)(C)[Si](C)(C)C.COc1cc(CNC(=O)OC(C)(C)C)ccc1O. The molecule has 2 N–H and O–H groups in total. The van der Waals surface area contributed by atoms with E-state index in [0.29, 0.717) is 17.3 Å². The molecule has 0 radical (unpaired) electrons. The maximum atomic E-state index is 11.4. The van der Waals surface area contributed by atoms with E-state index < -0.39 is 19.8 Å². The number of nitrogens with one attached hydrogen (secondary N) is 1. The Bertz CT molecular complexity index is 569. The van der Waals surface area contributed by atoms with Crippen LogP contribution in [0.3, 0.4) is 0 Å². The van der Waals surface area contributed by atoms with Gasteiger partial charge in [0.25, 0.3) is 0 Å². The Morgan fingerprint density at radius 1 is 1.12 bits per heavy atom. The summed E-state index contributed by atoms with van der Waals surface area (Å²) in [6.45, 7) is 19.9. The second-order valence-electron chi connectivity index (χ2n) is 9.36. The van der Waals surface area contributed by atoms with Gasteiger partial charge in [0.1, 0.15) is 5.60 Å². The van der Waals surface area contributed by atoms with Gasteiger partial charge in [-0.1, -0.05) is 46.5 Å². The molecule has 0 saturated carbocycles. The molecule has 1 aromatic carbocycles. The van der Waals surface area contributed by atoms with Gasteiger partial charge in [-0.3, -0.25) is 0 Å². The molecular weight excluding hydrogens is 346 g/mol. The maximum absolute atomic E-state index is 11.4. The number of methoxy groups -OCH3 is 1. The summed E-state index contributed by atoms with van der Waals surface area (Å²) in [6.07, 6.45) is -0.477. The standard InChI is InChI=1S/C13H19NO4.C7H18Si/c1-13(2,3)18-12(16)14-8-9-5-6-10(15)11(7-9)17-4;1-7(2,3)8(4,5)6/h5-7,15H,8H2,1-4H3,(H,14,16);1-6H3. The van der Waals surface area contributed by atoms with Crippen molar-refractivity contribution < 1.29 is 19.4 Å². The van der Waals surface area contributed by atoms with E-state index in [2.05, 4.69) is 45.7 Å². The van der Waals surface area contributed by atoms with Crippen molar-refractivity contribution in [1.82, 2.24) is 5.32 Å². The molecule has 26 heavy (non-hydrogen) atoms. The molecule has 0 atom stereocenters. The summed E-state index contributed by atoms with van der Waals surface area (Å²) >= 11 is 0. The molecule has 0 aromatic heterocycles. The van der Waals surface area contributed by atoms with Crippen molar-refractivity contribution in [1.29, 1.82) is 0 Å². The van der Waals surface area contributed by atoms with Crippen LogP contribution in [-0.2, 0) is 11.3 Å². The lowest BCUT2D eigenvalue weighted by Gasteiger charge is -2.32. The van der Waals surface area contributed by atoms with Crippen LogP contribution in [-0.4, -0.2) is 32.0 Å². The monoisotopic (exact) mass is 383 g/mol. The number of carbonyl (C=O) groups excluding carboxylic acids is 1. The van der Waals surface area contributed by atoms with Crippen molar-refractivity contribution >= 4 is 14.2 Å². The fourth-order valence-electron chi connectivity index (χ4n) is 1.32. The van der Waals surface area contributed by atoms with Crippen LogP contribution in [0.4, 0.5) is 4.79 Å². The molecule has 1 aromatic rings. The smallest absolute Gasteiger partial charge is 0.407 e. The van der Waals surface area contributed by atoms with Gasteiger partial charge < -0.3 is 19.9 Å². The Kier molecular flexibility index (Phi) is 8.70. The molecule has 0 aliphatic carbocycles. The molecule has 0 saturated heterocycles. The molecule has 0 aliphatic heterocycles. The zero-order valence-corrected chi connectivity index (χ0v) is 19.1. The third kappa shape index (κ3) is 9.70. The van der Waals surface area contributed by atoms with Crippen LogP contribution >= 0.6 is 0 Å². The summed E-state index contributed by atoms with van der Waals surface area (Å²) in [5, 5.41) is 12.6. The molecule has 0 heterocycles. The summed E-state index contributed by atoms with van der Waals surface area (Å²) in [4.78, 5) is 11.4. The van der Waals surface area contributed by atoms with Crippen LogP contribution in [0.1, 0.15) is 47.1 Å². The third-order valence-corrected chi connectivity index (χ3v) is 8.83. The minimum atomic E-state index is -0.859. The average Bonchev–Trinajstić information content (AvgIpc) is 2.43. The normalized spacial score (nSPS) is 11.9. The lowest BCUT2D eigenvalue weighted by Crippen LogP contribution is -2.32. The number of phenols is 1. The minimum Gasteiger partial charge on any atom is -0.504 e. The first-order valence-electron chi connectivity index (χ1n) is 8.89. The summed E-state index contributed by atoms with van der Waals surface area (Å²) in [6, 6.07) is 4.88. The van der Waals surface area contributed by atoms with Gasteiger partial charge in [-0.15, -0.1) is 0 Å². The zero-order valence-electron chi connectivity index (χ0n) is 18.1. The van der Waals surface area contributed by atoms with Crippen molar-refractivity contribution in [2.75, 3.05) is 7.11 Å². The number of hydrogen-bond donors (Lipinski definition) is 2. The molecule has 0 fully saturated rings. The molecular formula is C20H37NO4Si. The van der Waals surface area contributed by atoms with Crippen LogP contribution in [0.25, 0.3) is 0 Å². The first-order valence-corrected chi connectivity index (χ1v) is 12.4. The fraction of sp³-hybridized carbons (Fsp3) is 0.650. The molecule has 0 unspecified atom stereocenters. The second-order valence-corrected chi connectivity index (χ2v) is 15.4. The topological polar surface area (TPSA) is 67.8 Å². The molecule has 0 spiro atoms. The van der Waals surface area contributed by atoms with Crippen molar-refractivity contribution in [3.05, 3.63) is 23.8 Å². The van der Waals surface area contributed by atoms with Crippen molar-refractivity contribution in [2.24, 2.45) is 0 Å². The van der Waals surface area contributed by atoms with Crippen molar-refractivity contribution in [3.8, 4) is 11.5 Å². The number of alkyl carbamates (subject to hydrolysis) is 1. The van der Waals surface area contributed by atoms with E-state index in [-0.39, 0.29) is 5.75 Å². The molecule has 0 bridgehead atoms. The molecule has 150 valence electrons. The average molecular weight is 384 g/mol. The van der Waals surface area contributed by atoms with Gasteiger partial charge in [0.2, 0.25) is 0 Å². The largest absolute Gasteiger partial charge is 0.504 e. The summed E-state index contributed by atoms with van der Waals surface area (Å²) in [5.41, 5.74) is 0.298. The summed E-state index contributed by atoms with van der Waals surface area (Å²) in [5.74, 6) is 0.442. The Morgan fingerprint density at radius 3 is 2.00 bits per heavy atom. The number of phenolic OH excluding ortho intramolecular Hbond substituents is 1. The van der Waals surface area contributed by atoms with Crippen molar-refractivity contribution in [2.45, 2.75) is 78.4 Å². The predicted octanol–water partition coefficient (Wildman–Crippen LogP) is 5.55. The molecule has 0 aliphatic rings. The van der Waals surface area contributed by atoms with Crippen molar-refractivity contribution in [3.63, 3.8) is 0 Å². The highest BCUT2D eigenvalue weighted by atomic mass is 28.3. The van der Waals surface area contributed by atoms with E-state index in [0.717, 1.165) is 5.56 Å². The summed E-state index contributed by atoms with van der Waals surface area (Å²) < 4.78 is 10.1. The highest BCUT2D eigenvalue weighted by Gasteiger charge is 2.29. The first kappa shape index (κ1) is 24.3. The highest BCUT2D eigenvalue weighted by Crippen LogP contribution is 2.35. The number of aromatic hydroxyl groups is 1. The van der Waals surface area contributed by atoms with Gasteiger partial charge in [-0.2, -0.15) is 0 Å². The molecule has 1 rings (SSSR count). The highest BCUT2D eigenvalue weighted by molar-refractivity contribution is 6.78. The number of amides is 1. The molecule has 6 heteroatoms. The van der Waals surface area contributed by atoms with Crippen LogP contribution in [0.2, 0.25) is 24.7 Å². The van der Waals surface area contributed by atoms with E-state index >= 15 is 0 Å². The van der Waals surface area contributed by atoms with Gasteiger partial charge in [-0.05, 0) is 43.5 Å². The number of benzene rings is 1. The molecule has 1 amide bonds. The fourth-order valence-corrected chi connectivity index (χ4v) is 1.32. The Balaban J connectivity index is 0.000000660. The third-order valence-electron chi connectivity index (χ3n) is 4.33. The van der Waals surface area contributed by atoms with Gasteiger partial charge in [0.05, 0.1) is 7.11 Å². The van der Waals surface area contributed by atoms with Gasteiger partial charge >= 0.3 is 6.09 Å². The molecule has 5 nitrogen and oxygen atoms in total. The van der Waals surface area contributed by atoms with E-state index in [1.807, 2.05) is 0 Å². The lowest BCUT2D eigenvalue weighted by atomic mass is 10.2. The number of ether oxygens (including phenoxy) is 2. The van der Waals surface area contributed by atoms with Crippen LogP contribution in [0.5, 0.6) is 11.5 Å². The minimum absolute atomic E-state index is 0.0681. The van der Waals surface area contributed by atoms with E-state index in [4.69, 9.17) is 9.47 Å². The number of rotatable bonds is 3. The Hall–Kier alpha value is -1.69. The predicted molar refractivity (Wildman–Crippen MR) is 111 cm³/mol. The van der Waals surface area contributed by atoms with Crippen LogP contribution in [0, 0.1) is 0 Å². The quantitative estimate of drug-likeness (QED) is 0.671. The van der Waals surface area contributed by atoms with Crippen LogP contribution < -0.4 is 10.1 Å². The Morgan fingerprint density at radius 2 is 1.62 bits per heavy atom. The number of carbonyl (C=O) groups is 1. The van der Waals surface area contributed by atoms with E-state index in [1.54, 1.807) is 32.9 Å². The summed E-state index contributed by atoms with van der Waals surface area (Å²) in [7, 11) is 0.614. The van der Waals surface area contributed by atoms with Crippen LogP contribution in [0.15, 0.2) is 18.2 Å². The Labute approximate surface area is 160 Å². The maximum Gasteiger partial charge on any atom is 0.407 e. The van der Waals surface area contributed by atoms with Gasteiger partial charge in [0, 0.05) is 14.6 Å². The zero-order chi connectivity index (χ0) is 20.8.